The number of rotatable bonds is 3. The molecule has 0 saturated heterocycles. The van der Waals surface area contributed by atoms with Crippen molar-refractivity contribution >= 4 is 17.7 Å². The van der Waals surface area contributed by atoms with E-state index in [1.807, 2.05) is 24.3 Å². The van der Waals surface area contributed by atoms with Gasteiger partial charge in [-0.15, -0.1) is 0 Å². The number of allylic oxidation sites excluding steroid dienone is 1. The second-order valence-corrected chi connectivity index (χ2v) is 4.55. The number of nitrogens with one attached hydrogen (secondary N) is 3. The maximum atomic E-state index is 12.0. The van der Waals surface area contributed by atoms with Crippen molar-refractivity contribution in [2.75, 3.05) is 6.54 Å². The van der Waals surface area contributed by atoms with Gasteiger partial charge in [-0.3, -0.25) is 9.78 Å². The van der Waals surface area contributed by atoms with Crippen LogP contribution < -0.4 is 16.0 Å². The highest BCUT2D eigenvalue weighted by Gasteiger charge is 2.15. The Labute approximate surface area is 122 Å². The van der Waals surface area contributed by atoms with E-state index in [0.29, 0.717) is 5.57 Å². The summed E-state index contributed by atoms with van der Waals surface area (Å²) in [7, 11) is 0. The monoisotopic (exact) mass is 281 g/mol. The van der Waals surface area contributed by atoms with Crippen LogP contribution in [0.5, 0.6) is 0 Å². The fourth-order valence-corrected chi connectivity index (χ4v) is 1.98. The minimum absolute atomic E-state index is 0.178. The van der Waals surface area contributed by atoms with Gasteiger partial charge in [0.05, 0.1) is 11.3 Å². The Balaban J connectivity index is 1.60. The highest BCUT2D eigenvalue weighted by molar-refractivity contribution is 6.09. The Morgan fingerprint density at radius 1 is 1.33 bits per heavy atom. The highest BCUT2D eigenvalue weighted by Crippen LogP contribution is 2.10. The summed E-state index contributed by atoms with van der Waals surface area (Å²) in [6.07, 6.45) is 10.1. The van der Waals surface area contributed by atoms with Crippen LogP contribution in [0.25, 0.3) is 5.57 Å². The van der Waals surface area contributed by atoms with Gasteiger partial charge >= 0.3 is 0 Å². The fraction of sp³-hybridized carbons (Fsp3) is 0.133. The van der Waals surface area contributed by atoms with Crippen molar-refractivity contribution in [2.45, 2.75) is 6.29 Å². The topological polar surface area (TPSA) is 78.4 Å². The standard InChI is InChI=1S/C15H15N5O/c21-14(11-4-3-6-16-8-11)20-15-18-9-12(10-19-15)13-5-1-2-7-17-13/h1-5,7-10,15-16,18H,6H2,(H,20,21). The van der Waals surface area contributed by atoms with Gasteiger partial charge in [-0.2, -0.15) is 0 Å². The average molecular weight is 281 g/mol. The van der Waals surface area contributed by atoms with E-state index in [9.17, 15) is 4.79 Å². The summed E-state index contributed by atoms with van der Waals surface area (Å²) in [4.78, 5) is 20.5. The zero-order valence-electron chi connectivity index (χ0n) is 11.3. The van der Waals surface area contributed by atoms with E-state index in [2.05, 4.69) is 25.9 Å². The molecule has 1 aromatic rings. The van der Waals surface area contributed by atoms with E-state index in [0.717, 1.165) is 17.8 Å². The molecule has 21 heavy (non-hydrogen) atoms. The smallest absolute Gasteiger partial charge is 0.255 e. The van der Waals surface area contributed by atoms with Gasteiger partial charge < -0.3 is 16.0 Å². The number of carbonyl (C=O) groups excluding carboxylic acids is 1. The van der Waals surface area contributed by atoms with Crippen molar-refractivity contribution in [2.24, 2.45) is 4.99 Å². The molecule has 0 radical (unpaired) electrons. The third-order valence-electron chi connectivity index (χ3n) is 3.04. The second-order valence-electron chi connectivity index (χ2n) is 4.55. The van der Waals surface area contributed by atoms with Crippen LogP contribution in [0.1, 0.15) is 5.69 Å². The third kappa shape index (κ3) is 3.17. The average Bonchev–Trinajstić information content (AvgIpc) is 2.57. The first-order valence-electron chi connectivity index (χ1n) is 6.65. The molecule has 0 saturated carbocycles. The molecule has 1 unspecified atom stereocenters. The van der Waals surface area contributed by atoms with Gasteiger partial charge in [-0.25, -0.2) is 4.99 Å². The minimum Gasteiger partial charge on any atom is -0.387 e. The van der Waals surface area contributed by atoms with Gasteiger partial charge in [0.2, 0.25) is 0 Å². The first-order valence-corrected chi connectivity index (χ1v) is 6.65. The van der Waals surface area contributed by atoms with Crippen LogP contribution in [0.15, 0.2) is 59.5 Å². The zero-order valence-corrected chi connectivity index (χ0v) is 11.3. The van der Waals surface area contributed by atoms with Gasteiger partial charge in [0.25, 0.3) is 5.91 Å². The second kappa shape index (κ2) is 6.04. The summed E-state index contributed by atoms with van der Waals surface area (Å²) in [5.41, 5.74) is 2.29. The Morgan fingerprint density at radius 2 is 2.29 bits per heavy atom. The van der Waals surface area contributed by atoms with Gasteiger partial charge in [0, 0.05) is 36.9 Å². The predicted molar refractivity (Wildman–Crippen MR) is 81.0 cm³/mol. The number of aliphatic imine (C=N–C) groups is 1. The summed E-state index contributed by atoms with van der Waals surface area (Å²) in [5.74, 6) is -0.178. The molecule has 106 valence electrons. The molecular weight excluding hydrogens is 266 g/mol. The molecule has 1 aromatic heterocycles. The van der Waals surface area contributed by atoms with E-state index in [1.54, 1.807) is 30.9 Å². The van der Waals surface area contributed by atoms with Gasteiger partial charge in [0.1, 0.15) is 0 Å². The normalized spacial score (nSPS) is 19.9. The molecule has 1 atom stereocenters. The lowest BCUT2D eigenvalue weighted by Crippen LogP contribution is -2.44. The molecule has 0 fully saturated rings. The largest absolute Gasteiger partial charge is 0.387 e. The number of pyridine rings is 1. The molecular formula is C15H15N5O. The number of aromatic nitrogens is 1. The number of hydrogen-bond acceptors (Lipinski definition) is 5. The van der Waals surface area contributed by atoms with Crippen molar-refractivity contribution in [1.82, 2.24) is 20.9 Å². The van der Waals surface area contributed by atoms with Crippen LogP contribution in [-0.4, -0.2) is 29.9 Å². The van der Waals surface area contributed by atoms with Crippen LogP contribution in [0.3, 0.4) is 0 Å². The number of amides is 1. The molecule has 3 N–H and O–H groups in total. The SMILES string of the molecule is O=C(NC1N=CC(c2ccccn2)=CN1)C1=CNCC=C1. The van der Waals surface area contributed by atoms with E-state index in [4.69, 9.17) is 0 Å². The van der Waals surface area contributed by atoms with Crippen LogP contribution in [0.4, 0.5) is 0 Å². The number of nitrogens with zero attached hydrogens (tertiary/aromatic N) is 2. The van der Waals surface area contributed by atoms with Crippen molar-refractivity contribution < 1.29 is 4.79 Å². The molecule has 0 aromatic carbocycles. The first kappa shape index (κ1) is 13.1. The molecule has 2 aliphatic heterocycles. The summed E-state index contributed by atoms with van der Waals surface area (Å²) in [5, 5.41) is 8.81. The summed E-state index contributed by atoms with van der Waals surface area (Å²) < 4.78 is 0. The molecule has 6 nitrogen and oxygen atoms in total. The van der Waals surface area contributed by atoms with E-state index in [-0.39, 0.29) is 5.91 Å². The number of carbonyl (C=O) groups is 1. The van der Waals surface area contributed by atoms with E-state index in [1.165, 1.54) is 0 Å². The van der Waals surface area contributed by atoms with Gasteiger partial charge in [-0.05, 0) is 12.1 Å². The predicted octanol–water partition coefficient (Wildman–Crippen LogP) is 0.540. The Bertz CT molecular complexity index is 645. The van der Waals surface area contributed by atoms with E-state index < -0.39 is 6.29 Å². The number of hydrogen-bond donors (Lipinski definition) is 3. The molecule has 3 rings (SSSR count). The maximum absolute atomic E-state index is 12.0. The summed E-state index contributed by atoms with van der Waals surface area (Å²) >= 11 is 0. The Morgan fingerprint density at radius 3 is 2.95 bits per heavy atom. The quantitative estimate of drug-likeness (QED) is 0.755. The molecule has 0 spiro atoms. The summed E-state index contributed by atoms with van der Waals surface area (Å²) in [6, 6.07) is 5.68. The molecule has 0 aliphatic carbocycles. The molecule has 3 heterocycles. The highest BCUT2D eigenvalue weighted by atomic mass is 16.2. The summed E-state index contributed by atoms with van der Waals surface area (Å²) in [6.45, 7) is 0.743. The lowest BCUT2D eigenvalue weighted by molar-refractivity contribution is -0.118. The zero-order chi connectivity index (χ0) is 14.5. The van der Waals surface area contributed by atoms with Crippen molar-refractivity contribution in [3.8, 4) is 0 Å². The fourth-order valence-electron chi connectivity index (χ4n) is 1.98. The minimum atomic E-state index is -0.471. The molecule has 6 heteroatoms. The molecule has 0 bridgehead atoms. The van der Waals surface area contributed by atoms with E-state index >= 15 is 0 Å². The maximum Gasteiger partial charge on any atom is 0.255 e. The molecule has 1 amide bonds. The van der Waals surface area contributed by atoms with Crippen molar-refractivity contribution in [3.05, 3.63) is 60.2 Å². The molecule has 2 aliphatic rings. The lowest BCUT2D eigenvalue weighted by atomic mass is 10.2. The van der Waals surface area contributed by atoms with Crippen LogP contribution in [-0.2, 0) is 4.79 Å². The van der Waals surface area contributed by atoms with Crippen LogP contribution in [0, 0.1) is 0 Å². The van der Waals surface area contributed by atoms with Gasteiger partial charge in [-0.1, -0.05) is 18.2 Å². The Hall–Kier alpha value is -2.89. The van der Waals surface area contributed by atoms with Crippen LogP contribution in [0.2, 0.25) is 0 Å². The van der Waals surface area contributed by atoms with Crippen LogP contribution >= 0.6 is 0 Å². The lowest BCUT2D eigenvalue weighted by Gasteiger charge is -2.19. The third-order valence-corrected chi connectivity index (χ3v) is 3.04. The Kier molecular flexibility index (Phi) is 3.77. The van der Waals surface area contributed by atoms with Crippen molar-refractivity contribution in [1.29, 1.82) is 0 Å². The van der Waals surface area contributed by atoms with Crippen molar-refractivity contribution in [3.63, 3.8) is 0 Å². The number of dihydropyridines is 1. The first-order chi connectivity index (χ1) is 10.3. The van der Waals surface area contributed by atoms with Gasteiger partial charge in [0.15, 0.2) is 6.29 Å².